The first kappa shape index (κ1) is 11.6. The van der Waals surface area contributed by atoms with E-state index < -0.39 is 0 Å². The summed E-state index contributed by atoms with van der Waals surface area (Å²) in [4.78, 5) is 11.3. The third-order valence-corrected chi connectivity index (χ3v) is 3.19. The van der Waals surface area contributed by atoms with Crippen molar-refractivity contribution in [3.05, 3.63) is 17.6 Å². The van der Waals surface area contributed by atoms with Gasteiger partial charge in [0.25, 0.3) is 0 Å². The summed E-state index contributed by atoms with van der Waals surface area (Å²) in [5.41, 5.74) is 1.03. The number of aromatic nitrogens is 2. The van der Waals surface area contributed by atoms with Gasteiger partial charge in [0.05, 0.1) is 5.38 Å². The van der Waals surface area contributed by atoms with Crippen LogP contribution in [0.25, 0.3) is 0 Å². The summed E-state index contributed by atoms with van der Waals surface area (Å²) in [6.45, 7) is 8.16. The van der Waals surface area contributed by atoms with Gasteiger partial charge in [0.15, 0.2) is 0 Å². The normalized spacial score (nSPS) is 20.8. The van der Waals surface area contributed by atoms with E-state index >= 15 is 0 Å². The second-order valence-corrected chi connectivity index (χ2v) is 5.33. The Hall–Kier alpha value is -0.830. The molecule has 0 amide bonds. The fourth-order valence-electron chi connectivity index (χ4n) is 1.92. The highest BCUT2D eigenvalue weighted by molar-refractivity contribution is 6.21. The van der Waals surface area contributed by atoms with Gasteiger partial charge in [-0.1, -0.05) is 13.8 Å². The van der Waals surface area contributed by atoms with E-state index in [1.807, 2.05) is 13.0 Å². The van der Waals surface area contributed by atoms with Crippen LogP contribution in [-0.4, -0.2) is 28.4 Å². The molecule has 16 heavy (non-hydrogen) atoms. The van der Waals surface area contributed by atoms with Crippen LogP contribution >= 0.6 is 11.6 Å². The van der Waals surface area contributed by atoms with Crippen molar-refractivity contribution in [3.63, 3.8) is 0 Å². The van der Waals surface area contributed by atoms with E-state index in [1.54, 1.807) is 0 Å². The van der Waals surface area contributed by atoms with Crippen LogP contribution in [0.2, 0.25) is 0 Å². The Kier molecular flexibility index (Phi) is 3.33. The van der Waals surface area contributed by atoms with Crippen molar-refractivity contribution in [2.75, 3.05) is 18.0 Å². The molecule has 0 saturated carbocycles. The van der Waals surface area contributed by atoms with Crippen molar-refractivity contribution in [1.82, 2.24) is 9.97 Å². The molecule has 1 aliphatic rings. The van der Waals surface area contributed by atoms with Crippen LogP contribution < -0.4 is 4.90 Å². The summed E-state index contributed by atoms with van der Waals surface area (Å²) < 4.78 is 0. The second kappa shape index (κ2) is 4.58. The average molecular weight is 240 g/mol. The average Bonchev–Trinajstić information content (AvgIpc) is 2.64. The molecule has 0 radical (unpaired) electrons. The fraction of sp³-hybridized carbons (Fsp3) is 0.667. The maximum Gasteiger partial charge on any atom is 0.133 e. The zero-order valence-electron chi connectivity index (χ0n) is 10.1. The van der Waals surface area contributed by atoms with Crippen molar-refractivity contribution < 1.29 is 0 Å². The molecule has 1 aliphatic heterocycles. The number of aryl methyl sites for hydroxylation is 1. The molecule has 3 nitrogen and oxygen atoms in total. The second-order valence-electron chi connectivity index (χ2n) is 4.71. The molecule has 88 valence electrons. The zero-order valence-corrected chi connectivity index (χ0v) is 10.8. The van der Waals surface area contributed by atoms with E-state index in [1.165, 1.54) is 0 Å². The lowest BCUT2D eigenvalue weighted by Gasteiger charge is -2.18. The molecule has 1 aromatic heterocycles. The molecular formula is C12H18ClN3. The summed E-state index contributed by atoms with van der Waals surface area (Å²) in [5.74, 6) is 2.32. The number of alkyl halides is 1. The SMILES string of the molecule is Cc1cc(N2CCC(Cl)C2)nc(C(C)C)n1. The van der Waals surface area contributed by atoms with Gasteiger partial charge in [-0.2, -0.15) is 0 Å². The first-order chi connectivity index (χ1) is 7.56. The van der Waals surface area contributed by atoms with E-state index in [2.05, 4.69) is 28.7 Å². The smallest absolute Gasteiger partial charge is 0.133 e. The lowest BCUT2D eigenvalue weighted by molar-refractivity contribution is 0.757. The van der Waals surface area contributed by atoms with Gasteiger partial charge in [-0.25, -0.2) is 9.97 Å². The lowest BCUT2D eigenvalue weighted by atomic mass is 10.2. The topological polar surface area (TPSA) is 29.0 Å². The summed E-state index contributed by atoms with van der Waals surface area (Å²) in [6.07, 6.45) is 1.04. The Balaban J connectivity index is 2.27. The molecule has 0 N–H and O–H groups in total. The van der Waals surface area contributed by atoms with Crippen molar-refractivity contribution in [2.45, 2.75) is 38.5 Å². The van der Waals surface area contributed by atoms with Crippen molar-refractivity contribution in [2.24, 2.45) is 0 Å². The quantitative estimate of drug-likeness (QED) is 0.744. The Morgan fingerprint density at radius 1 is 1.44 bits per heavy atom. The van der Waals surface area contributed by atoms with Gasteiger partial charge >= 0.3 is 0 Å². The van der Waals surface area contributed by atoms with E-state index in [4.69, 9.17) is 11.6 Å². The molecule has 1 fully saturated rings. The van der Waals surface area contributed by atoms with E-state index in [0.717, 1.165) is 36.8 Å². The number of rotatable bonds is 2. The Bertz CT molecular complexity index is 379. The maximum absolute atomic E-state index is 6.11. The van der Waals surface area contributed by atoms with Crippen molar-refractivity contribution >= 4 is 17.4 Å². The summed E-state index contributed by atoms with van der Waals surface area (Å²) in [7, 11) is 0. The molecule has 2 heterocycles. The zero-order chi connectivity index (χ0) is 11.7. The van der Waals surface area contributed by atoms with Crippen molar-refractivity contribution in [3.8, 4) is 0 Å². The van der Waals surface area contributed by atoms with Crippen LogP contribution in [-0.2, 0) is 0 Å². The number of halogens is 1. The predicted octanol–water partition coefficient (Wildman–Crippen LogP) is 2.73. The van der Waals surface area contributed by atoms with Gasteiger partial charge < -0.3 is 4.90 Å². The molecule has 0 bridgehead atoms. The van der Waals surface area contributed by atoms with Gasteiger partial charge in [0, 0.05) is 30.8 Å². The summed E-state index contributed by atoms with van der Waals surface area (Å²) in [5, 5.41) is 0.262. The third-order valence-electron chi connectivity index (χ3n) is 2.83. The van der Waals surface area contributed by atoms with Gasteiger partial charge in [-0.05, 0) is 13.3 Å². The molecule has 1 saturated heterocycles. The van der Waals surface area contributed by atoms with Crippen molar-refractivity contribution in [1.29, 1.82) is 0 Å². The van der Waals surface area contributed by atoms with Crippen LogP contribution in [0.15, 0.2) is 6.07 Å². The fourth-order valence-corrected chi connectivity index (χ4v) is 2.18. The minimum absolute atomic E-state index is 0.262. The standard InChI is InChI=1S/C12H18ClN3/c1-8(2)12-14-9(3)6-11(15-12)16-5-4-10(13)7-16/h6,8,10H,4-5,7H2,1-3H3. The van der Waals surface area contributed by atoms with Crippen LogP contribution in [0.4, 0.5) is 5.82 Å². The van der Waals surface area contributed by atoms with Gasteiger partial charge in [0.1, 0.15) is 11.6 Å². The van der Waals surface area contributed by atoms with Gasteiger partial charge in [0.2, 0.25) is 0 Å². The largest absolute Gasteiger partial charge is 0.355 e. The molecule has 0 spiro atoms. The molecule has 4 heteroatoms. The summed E-state index contributed by atoms with van der Waals surface area (Å²) >= 11 is 6.11. The van der Waals surface area contributed by atoms with Crippen LogP contribution in [0, 0.1) is 6.92 Å². The number of nitrogens with zero attached hydrogens (tertiary/aromatic N) is 3. The van der Waals surface area contributed by atoms with Gasteiger partial charge in [-0.15, -0.1) is 11.6 Å². The Labute approximate surface area is 102 Å². The highest BCUT2D eigenvalue weighted by atomic mass is 35.5. The molecule has 1 atom stereocenters. The number of hydrogen-bond acceptors (Lipinski definition) is 3. The molecule has 2 rings (SSSR count). The van der Waals surface area contributed by atoms with E-state index in [0.29, 0.717) is 5.92 Å². The first-order valence-corrected chi connectivity index (χ1v) is 6.24. The summed E-state index contributed by atoms with van der Waals surface area (Å²) in [6, 6.07) is 2.04. The minimum atomic E-state index is 0.262. The maximum atomic E-state index is 6.11. The Morgan fingerprint density at radius 3 is 2.75 bits per heavy atom. The highest BCUT2D eigenvalue weighted by Crippen LogP contribution is 2.23. The van der Waals surface area contributed by atoms with Crippen LogP contribution in [0.1, 0.15) is 37.7 Å². The monoisotopic (exact) mass is 239 g/mol. The lowest BCUT2D eigenvalue weighted by Crippen LogP contribution is -2.22. The predicted molar refractivity (Wildman–Crippen MR) is 67.3 cm³/mol. The number of hydrogen-bond donors (Lipinski definition) is 0. The third kappa shape index (κ3) is 2.46. The van der Waals surface area contributed by atoms with E-state index in [-0.39, 0.29) is 5.38 Å². The molecule has 0 aromatic carbocycles. The highest BCUT2D eigenvalue weighted by Gasteiger charge is 2.22. The van der Waals surface area contributed by atoms with Crippen LogP contribution in [0.5, 0.6) is 0 Å². The first-order valence-electron chi connectivity index (χ1n) is 5.81. The minimum Gasteiger partial charge on any atom is -0.355 e. The molecular weight excluding hydrogens is 222 g/mol. The van der Waals surface area contributed by atoms with Gasteiger partial charge in [-0.3, -0.25) is 0 Å². The molecule has 1 aromatic rings. The van der Waals surface area contributed by atoms with Crippen LogP contribution in [0.3, 0.4) is 0 Å². The number of anilines is 1. The van der Waals surface area contributed by atoms with E-state index in [9.17, 15) is 0 Å². The molecule has 0 aliphatic carbocycles. The Morgan fingerprint density at radius 2 is 2.19 bits per heavy atom. The molecule has 1 unspecified atom stereocenters.